The van der Waals surface area contributed by atoms with E-state index < -0.39 is 17.6 Å². The fourth-order valence-corrected chi connectivity index (χ4v) is 3.30. The molecule has 3 rings (SSSR count). The first-order chi connectivity index (χ1) is 15.9. The minimum Gasteiger partial charge on any atom is -0.483 e. The van der Waals surface area contributed by atoms with Crippen molar-refractivity contribution in [1.82, 2.24) is 0 Å². The number of para-hydroxylation sites is 1. The van der Waals surface area contributed by atoms with Crippen molar-refractivity contribution in [3.63, 3.8) is 0 Å². The predicted octanol–water partition coefficient (Wildman–Crippen LogP) is 5.80. The van der Waals surface area contributed by atoms with Gasteiger partial charge in [-0.1, -0.05) is 29.8 Å². The van der Waals surface area contributed by atoms with Crippen LogP contribution >= 0.6 is 27.5 Å². The number of ether oxygens (including phenoxy) is 1. The number of halogens is 3. The molecule has 6 nitrogen and oxygen atoms in total. The lowest BCUT2D eigenvalue weighted by molar-refractivity contribution is -0.118. The van der Waals surface area contributed by atoms with Crippen molar-refractivity contribution in [3.8, 4) is 11.8 Å². The molecular weight excluding hydrogens is 513 g/mol. The minimum atomic E-state index is -0.568. The van der Waals surface area contributed by atoms with Gasteiger partial charge in [-0.05, 0) is 76.1 Å². The summed E-state index contributed by atoms with van der Waals surface area (Å²) in [6, 6.07) is 19.0. The van der Waals surface area contributed by atoms with Crippen molar-refractivity contribution in [2.45, 2.75) is 0 Å². The number of nitrogens with one attached hydrogen (secondary N) is 2. The largest absolute Gasteiger partial charge is 0.483 e. The first-order valence-corrected chi connectivity index (χ1v) is 10.7. The first kappa shape index (κ1) is 24.0. The number of carbonyl (C=O) groups excluding carboxylic acids is 2. The molecule has 3 aromatic rings. The normalized spacial score (nSPS) is 10.8. The van der Waals surface area contributed by atoms with Gasteiger partial charge in [0.25, 0.3) is 11.8 Å². The highest BCUT2D eigenvalue weighted by Gasteiger charge is 2.12. The molecular formula is C24H16BrClFN3O3. The Balaban J connectivity index is 1.63. The summed E-state index contributed by atoms with van der Waals surface area (Å²) < 4.78 is 19.6. The highest BCUT2D eigenvalue weighted by atomic mass is 79.9. The average Bonchev–Trinajstić information content (AvgIpc) is 2.80. The van der Waals surface area contributed by atoms with E-state index in [0.29, 0.717) is 26.5 Å². The maximum absolute atomic E-state index is 13.6. The minimum absolute atomic E-state index is 0.0616. The Morgan fingerprint density at radius 3 is 2.48 bits per heavy atom. The van der Waals surface area contributed by atoms with Crippen LogP contribution in [0.5, 0.6) is 5.75 Å². The lowest BCUT2D eigenvalue weighted by atomic mass is 10.1. The molecule has 0 fully saturated rings. The fraction of sp³-hybridized carbons (Fsp3) is 0.0417. The predicted molar refractivity (Wildman–Crippen MR) is 128 cm³/mol. The Morgan fingerprint density at radius 1 is 1.09 bits per heavy atom. The second-order valence-electron chi connectivity index (χ2n) is 6.64. The van der Waals surface area contributed by atoms with E-state index in [9.17, 15) is 19.2 Å². The van der Waals surface area contributed by atoms with Crippen LogP contribution in [0.3, 0.4) is 0 Å². The fourth-order valence-electron chi connectivity index (χ4n) is 2.66. The summed E-state index contributed by atoms with van der Waals surface area (Å²) in [6.07, 6.45) is 1.42. The van der Waals surface area contributed by atoms with Gasteiger partial charge in [-0.25, -0.2) is 4.39 Å². The Bertz CT molecular complexity index is 1260. The molecule has 0 atom stereocenters. The Labute approximate surface area is 202 Å². The SMILES string of the molecule is N#C/C(=C/c1ccc(OCC(=O)Nc2ccccc2F)c(Br)c1)C(=O)Nc1ccc(Cl)cc1. The molecule has 0 aliphatic carbocycles. The number of hydrogen-bond donors (Lipinski definition) is 2. The lowest BCUT2D eigenvalue weighted by Crippen LogP contribution is -2.20. The van der Waals surface area contributed by atoms with Crippen molar-refractivity contribution < 1.29 is 18.7 Å². The quantitative estimate of drug-likeness (QED) is 0.299. The number of nitrogens with zero attached hydrogens (tertiary/aromatic N) is 1. The summed E-state index contributed by atoms with van der Waals surface area (Å²) in [5.41, 5.74) is 1.03. The molecule has 0 saturated carbocycles. The van der Waals surface area contributed by atoms with Gasteiger partial charge < -0.3 is 15.4 Å². The summed E-state index contributed by atoms with van der Waals surface area (Å²) in [5.74, 6) is -1.28. The molecule has 0 unspecified atom stereocenters. The van der Waals surface area contributed by atoms with Crippen LogP contribution in [0.25, 0.3) is 6.08 Å². The Kier molecular flexibility index (Phi) is 8.19. The third-order valence-electron chi connectivity index (χ3n) is 4.24. The second-order valence-corrected chi connectivity index (χ2v) is 7.93. The molecule has 0 radical (unpaired) electrons. The molecule has 0 bridgehead atoms. The van der Waals surface area contributed by atoms with Crippen molar-refractivity contribution >= 4 is 56.8 Å². The van der Waals surface area contributed by atoms with E-state index >= 15 is 0 Å². The van der Waals surface area contributed by atoms with Crippen LogP contribution in [0.15, 0.2) is 76.8 Å². The van der Waals surface area contributed by atoms with Gasteiger partial charge in [-0.2, -0.15) is 5.26 Å². The number of nitriles is 1. The number of benzene rings is 3. The third-order valence-corrected chi connectivity index (χ3v) is 5.11. The van der Waals surface area contributed by atoms with E-state index in [1.165, 1.54) is 24.3 Å². The number of carbonyl (C=O) groups is 2. The van der Waals surface area contributed by atoms with E-state index in [0.717, 1.165) is 0 Å². The van der Waals surface area contributed by atoms with Gasteiger partial charge in [-0.3, -0.25) is 9.59 Å². The van der Waals surface area contributed by atoms with Gasteiger partial charge in [0.05, 0.1) is 10.2 Å². The van der Waals surface area contributed by atoms with Crippen LogP contribution in [-0.2, 0) is 9.59 Å². The smallest absolute Gasteiger partial charge is 0.266 e. The number of hydrogen-bond acceptors (Lipinski definition) is 4. The Hall–Kier alpha value is -3.67. The van der Waals surface area contributed by atoms with Crippen molar-refractivity contribution in [2.75, 3.05) is 17.2 Å². The topological polar surface area (TPSA) is 91.2 Å². The van der Waals surface area contributed by atoms with Crippen molar-refractivity contribution in [3.05, 3.63) is 93.2 Å². The zero-order valence-corrected chi connectivity index (χ0v) is 19.3. The molecule has 0 spiro atoms. The van der Waals surface area contributed by atoms with Gasteiger partial charge in [0.15, 0.2) is 6.61 Å². The molecule has 2 N–H and O–H groups in total. The third kappa shape index (κ3) is 6.91. The zero-order valence-electron chi connectivity index (χ0n) is 16.9. The monoisotopic (exact) mass is 527 g/mol. The standard InChI is InChI=1S/C24H16BrClFN3O3/c25-19-12-15(11-16(13-28)24(32)29-18-8-6-17(26)7-9-18)5-10-22(19)33-14-23(31)30-21-4-2-1-3-20(21)27/h1-12H,14H2,(H,29,32)(H,30,31)/b16-11-. The van der Waals surface area contributed by atoms with Crippen LogP contribution in [0.2, 0.25) is 5.02 Å². The summed E-state index contributed by atoms with van der Waals surface area (Å²) in [5, 5.41) is 15.0. The van der Waals surface area contributed by atoms with Crippen LogP contribution in [0, 0.1) is 17.1 Å². The first-order valence-electron chi connectivity index (χ1n) is 9.51. The van der Waals surface area contributed by atoms with E-state index in [4.69, 9.17) is 16.3 Å². The summed E-state index contributed by atoms with van der Waals surface area (Å²) in [4.78, 5) is 24.4. The number of anilines is 2. The molecule has 0 aliphatic rings. The van der Waals surface area contributed by atoms with Crippen LogP contribution in [-0.4, -0.2) is 18.4 Å². The molecule has 0 aromatic heterocycles. The molecule has 2 amide bonds. The highest BCUT2D eigenvalue weighted by molar-refractivity contribution is 9.10. The average molecular weight is 529 g/mol. The van der Waals surface area contributed by atoms with Crippen LogP contribution < -0.4 is 15.4 Å². The molecule has 0 aliphatic heterocycles. The highest BCUT2D eigenvalue weighted by Crippen LogP contribution is 2.27. The van der Waals surface area contributed by atoms with E-state index in [2.05, 4.69) is 26.6 Å². The van der Waals surface area contributed by atoms with Gasteiger partial charge in [-0.15, -0.1) is 0 Å². The van der Waals surface area contributed by atoms with Crippen molar-refractivity contribution in [2.24, 2.45) is 0 Å². The molecule has 0 saturated heterocycles. The summed E-state index contributed by atoms with van der Waals surface area (Å²) in [6.45, 7) is -0.338. The number of rotatable bonds is 7. The van der Waals surface area contributed by atoms with Crippen molar-refractivity contribution in [1.29, 1.82) is 5.26 Å². The van der Waals surface area contributed by atoms with E-state index in [-0.39, 0.29) is 17.9 Å². The van der Waals surface area contributed by atoms with Gasteiger partial charge in [0, 0.05) is 10.7 Å². The van der Waals surface area contributed by atoms with Gasteiger partial charge in [0.1, 0.15) is 23.2 Å². The maximum Gasteiger partial charge on any atom is 0.266 e. The molecule has 3 aromatic carbocycles. The molecule has 0 heterocycles. The van der Waals surface area contributed by atoms with Gasteiger partial charge >= 0.3 is 0 Å². The molecule has 166 valence electrons. The van der Waals surface area contributed by atoms with Crippen LogP contribution in [0.4, 0.5) is 15.8 Å². The Morgan fingerprint density at radius 2 is 1.82 bits per heavy atom. The second kappa shape index (κ2) is 11.3. The molecule has 33 heavy (non-hydrogen) atoms. The molecule has 9 heteroatoms. The number of amides is 2. The summed E-state index contributed by atoms with van der Waals surface area (Å²) >= 11 is 9.17. The van der Waals surface area contributed by atoms with E-state index in [1.807, 2.05) is 6.07 Å². The van der Waals surface area contributed by atoms with Crippen LogP contribution in [0.1, 0.15) is 5.56 Å². The van der Waals surface area contributed by atoms with E-state index in [1.54, 1.807) is 48.5 Å². The zero-order chi connectivity index (χ0) is 23.8. The van der Waals surface area contributed by atoms with Gasteiger partial charge in [0.2, 0.25) is 0 Å². The maximum atomic E-state index is 13.6. The lowest BCUT2D eigenvalue weighted by Gasteiger charge is -2.10. The summed E-state index contributed by atoms with van der Waals surface area (Å²) in [7, 11) is 0.